The molecule has 2 heterocycles. The molecule has 0 saturated carbocycles. The smallest absolute Gasteiger partial charge is 0.296 e. The molecule has 4 rings (SSSR count). The molecule has 1 aromatic heterocycles. The van der Waals surface area contributed by atoms with Crippen LogP contribution in [0.3, 0.4) is 0 Å². The van der Waals surface area contributed by atoms with Gasteiger partial charge in [0.05, 0.1) is 29.3 Å². The van der Waals surface area contributed by atoms with Crippen LogP contribution < -0.4 is 19.4 Å². The molecule has 0 N–H and O–H groups in total. The molecule has 30 heavy (non-hydrogen) atoms. The van der Waals surface area contributed by atoms with Gasteiger partial charge in [-0.1, -0.05) is 47.6 Å². The third-order valence-corrected chi connectivity index (χ3v) is 5.44. The Morgan fingerprint density at radius 3 is 2.70 bits per heavy atom. The minimum absolute atomic E-state index is 0.160. The van der Waals surface area contributed by atoms with Crippen molar-refractivity contribution in [2.24, 2.45) is 0 Å². The summed E-state index contributed by atoms with van der Waals surface area (Å²) in [6.45, 7) is 4.09. The van der Waals surface area contributed by atoms with E-state index < -0.39 is 6.17 Å². The number of fused-ring (bicyclic) bond motifs is 3. The Morgan fingerprint density at radius 2 is 1.97 bits per heavy atom. The van der Waals surface area contributed by atoms with Crippen LogP contribution in [0.2, 0.25) is 0 Å². The van der Waals surface area contributed by atoms with Crippen LogP contribution in [0.15, 0.2) is 53.7 Å². The van der Waals surface area contributed by atoms with Gasteiger partial charge in [-0.3, -0.25) is 4.79 Å². The summed E-state index contributed by atoms with van der Waals surface area (Å²) in [5.41, 5.74) is 2.40. The Bertz CT molecular complexity index is 1110. The topological polar surface area (TPSA) is 82.3 Å². The lowest BCUT2D eigenvalue weighted by Crippen LogP contribution is -2.58. The summed E-state index contributed by atoms with van der Waals surface area (Å²) in [6.07, 6.45) is 2.00. The summed E-state index contributed by atoms with van der Waals surface area (Å²) in [4.78, 5) is 18.6. The Morgan fingerprint density at radius 1 is 1.23 bits per heavy atom. The monoisotopic (exact) mass is 422 g/mol. The number of thioether (sulfide) groups is 1. The highest BCUT2D eigenvalue weighted by Gasteiger charge is 2.45. The summed E-state index contributed by atoms with van der Waals surface area (Å²) >= 11 is 1.28. The number of hydrogen-bond acceptors (Lipinski definition) is 6. The number of para-hydroxylation sites is 2. The number of hydrogen-bond donors (Lipinski definition) is 0. The van der Waals surface area contributed by atoms with E-state index in [1.54, 1.807) is 9.58 Å². The number of nitrogens with zero attached hydrogens (tertiary/aromatic N) is 4. The maximum absolute atomic E-state index is 13.0. The second-order valence-electron chi connectivity index (χ2n) is 6.86. The molecule has 0 radical (unpaired) electrons. The first kappa shape index (κ1) is 20.2. The van der Waals surface area contributed by atoms with E-state index in [2.05, 4.69) is 10.1 Å². The van der Waals surface area contributed by atoms with Crippen LogP contribution in [-0.4, -0.2) is 28.9 Å². The summed E-state index contributed by atoms with van der Waals surface area (Å²) in [7, 11) is 0. The number of ether oxygens (including phenoxy) is 1. The quantitative estimate of drug-likeness (QED) is 0.464. The van der Waals surface area contributed by atoms with Gasteiger partial charge in [0, 0.05) is 12.0 Å². The van der Waals surface area contributed by atoms with E-state index in [9.17, 15) is 9.90 Å². The van der Waals surface area contributed by atoms with Crippen LogP contribution in [-0.2, 0) is 4.79 Å². The van der Waals surface area contributed by atoms with Crippen LogP contribution in [0, 0.1) is 0 Å². The number of rotatable bonds is 5. The van der Waals surface area contributed by atoms with Crippen molar-refractivity contribution in [1.82, 2.24) is 10.1 Å². The molecule has 0 spiro atoms. The fourth-order valence-electron chi connectivity index (χ4n) is 3.68. The second-order valence-corrected chi connectivity index (χ2v) is 7.64. The number of anilines is 1. The van der Waals surface area contributed by atoms with Crippen LogP contribution in [0.25, 0.3) is 11.3 Å². The van der Waals surface area contributed by atoms with Gasteiger partial charge in [-0.15, -0.1) is 0 Å². The van der Waals surface area contributed by atoms with E-state index >= 15 is 0 Å². The maximum Gasteiger partial charge on any atom is 0.296 e. The number of aromatic nitrogens is 3. The Kier molecular flexibility index (Phi) is 5.59. The summed E-state index contributed by atoms with van der Waals surface area (Å²) in [6, 6.07) is 14.9. The van der Waals surface area contributed by atoms with Crippen LogP contribution in [0.1, 0.15) is 32.0 Å². The average molecular weight is 423 g/mol. The number of carbonyl (C=O) groups is 1. The lowest BCUT2D eigenvalue weighted by molar-refractivity contribution is -0.764. The van der Waals surface area contributed by atoms with Crippen molar-refractivity contribution in [3.63, 3.8) is 0 Å². The zero-order valence-corrected chi connectivity index (χ0v) is 17.8. The zero-order valence-electron chi connectivity index (χ0n) is 17.0. The van der Waals surface area contributed by atoms with Crippen LogP contribution in [0.4, 0.5) is 5.69 Å². The minimum atomic E-state index is -0.665. The molecule has 2 aromatic carbocycles. The van der Waals surface area contributed by atoms with Crippen LogP contribution >= 0.6 is 11.8 Å². The first-order valence-corrected chi connectivity index (χ1v) is 10.9. The van der Waals surface area contributed by atoms with Crippen molar-refractivity contribution in [2.75, 3.05) is 17.8 Å². The number of amides is 1. The van der Waals surface area contributed by atoms with Gasteiger partial charge in [0.2, 0.25) is 5.91 Å². The molecule has 1 unspecified atom stereocenters. The standard InChI is InChI=1S/C22H22N4O3S/c1-4-13-29-18-12-8-6-10-16(18)21-25(14(2)27)17-11-7-5-9-15(17)19-20(28)23-22(30-3)24-26(19)21/h5-12,21H,4,13H2,1-3H3. The van der Waals surface area contributed by atoms with Crippen molar-refractivity contribution in [1.29, 1.82) is 0 Å². The molecule has 0 saturated heterocycles. The maximum atomic E-state index is 13.0. The molecule has 0 fully saturated rings. The molecule has 3 aromatic rings. The Hall–Kier alpha value is -3.13. The average Bonchev–Trinajstić information content (AvgIpc) is 2.76. The molecule has 1 atom stereocenters. The molecule has 7 nitrogen and oxygen atoms in total. The third-order valence-electron chi connectivity index (χ3n) is 4.90. The highest BCUT2D eigenvalue weighted by molar-refractivity contribution is 7.98. The SMILES string of the molecule is CCCOc1ccccc1C1N(C(C)=O)c2ccccc2-c2c([O-])nc(SC)n[n+]21. The van der Waals surface area contributed by atoms with Gasteiger partial charge in [0.1, 0.15) is 5.75 Å². The highest BCUT2D eigenvalue weighted by Crippen LogP contribution is 2.42. The molecule has 8 heteroatoms. The van der Waals surface area contributed by atoms with Gasteiger partial charge in [-0.25, -0.2) is 9.88 Å². The van der Waals surface area contributed by atoms with E-state index in [0.717, 1.165) is 12.0 Å². The summed E-state index contributed by atoms with van der Waals surface area (Å²) in [5.74, 6) is 0.125. The molecule has 0 aliphatic carbocycles. The van der Waals surface area contributed by atoms with Crippen molar-refractivity contribution >= 4 is 23.4 Å². The largest absolute Gasteiger partial charge is 0.854 e. The molecule has 1 amide bonds. The Labute approximate surface area is 179 Å². The van der Waals surface area contributed by atoms with Gasteiger partial charge < -0.3 is 9.84 Å². The zero-order chi connectivity index (χ0) is 21.3. The predicted octanol–water partition coefficient (Wildman–Crippen LogP) is 2.93. The van der Waals surface area contributed by atoms with Crippen molar-refractivity contribution in [3.8, 4) is 22.9 Å². The van der Waals surface area contributed by atoms with Gasteiger partial charge in [-0.2, -0.15) is 0 Å². The van der Waals surface area contributed by atoms with Crippen LogP contribution in [0.5, 0.6) is 11.6 Å². The van der Waals surface area contributed by atoms with Crippen molar-refractivity contribution < 1.29 is 19.3 Å². The van der Waals surface area contributed by atoms with E-state index in [0.29, 0.717) is 34.5 Å². The van der Waals surface area contributed by atoms with Crippen molar-refractivity contribution in [3.05, 3.63) is 54.1 Å². The third kappa shape index (κ3) is 3.37. The molecular formula is C22H22N4O3S. The van der Waals surface area contributed by atoms with E-state index in [1.165, 1.54) is 18.7 Å². The lowest BCUT2D eigenvalue weighted by atomic mass is 10.0. The summed E-state index contributed by atoms with van der Waals surface area (Å²) in [5, 5.41) is 18.0. The number of benzene rings is 2. The molecule has 1 aliphatic heterocycles. The van der Waals surface area contributed by atoms with E-state index in [-0.39, 0.29) is 11.8 Å². The van der Waals surface area contributed by atoms with Gasteiger partial charge in [-0.05, 0) is 36.9 Å². The van der Waals surface area contributed by atoms with Gasteiger partial charge in [0.15, 0.2) is 0 Å². The first-order chi connectivity index (χ1) is 14.6. The van der Waals surface area contributed by atoms with Crippen molar-refractivity contribution in [2.45, 2.75) is 31.6 Å². The van der Waals surface area contributed by atoms with Gasteiger partial charge >= 0.3 is 0 Å². The molecule has 0 bridgehead atoms. The van der Waals surface area contributed by atoms with E-state index in [4.69, 9.17) is 4.74 Å². The fourth-order valence-corrected chi connectivity index (χ4v) is 4.02. The Balaban J connectivity index is 2.03. The first-order valence-electron chi connectivity index (χ1n) is 9.72. The van der Waals surface area contributed by atoms with Gasteiger partial charge in [0.25, 0.3) is 17.0 Å². The molecule has 1 aliphatic rings. The molecule has 154 valence electrons. The highest BCUT2D eigenvalue weighted by atomic mass is 32.2. The second kappa shape index (κ2) is 8.31. The normalized spacial score (nSPS) is 14.8. The minimum Gasteiger partial charge on any atom is -0.854 e. The summed E-state index contributed by atoms with van der Waals surface area (Å²) < 4.78 is 7.59. The molecular weight excluding hydrogens is 400 g/mol. The number of carbonyl (C=O) groups excluding carboxylic acids is 1. The fraction of sp³-hybridized carbons (Fsp3) is 0.273. The lowest BCUT2D eigenvalue weighted by Gasteiger charge is -2.33. The van der Waals surface area contributed by atoms with E-state index in [1.807, 2.05) is 61.7 Å². The predicted molar refractivity (Wildman–Crippen MR) is 112 cm³/mol.